The van der Waals surface area contributed by atoms with Crippen LogP contribution < -0.4 is 5.32 Å². The second-order valence-corrected chi connectivity index (χ2v) is 5.96. The lowest BCUT2D eigenvalue weighted by molar-refractivity contribution is -0.149. The molecule has 19 heavy (non-hydrogen) atoms. The molecule has 0 spiro atoms. The molecule has 2 atom stereocenters. The lowest BCUT2D eigenvalue weighted by Crippen LogP contribution is -2.62. The first-order valence-corrected chi connectivity index (χ1v) is 7.58. The Kier molecular flexibility index (Phi) is 6.32. The van der Waals surface area contributed by atoms with Crippen molar-refractivity contribution in [1.29, 1.82) is 0 Å². The van der Waals surface area contributed by atoms with E-state index in [1.54, 1.807) is 4.90 Å². The smallest absolute Gasteiger partial charge is 0.245 e. The minimum absolute atomic E-state index is 0.0132. The molecule has 1 rings (SSSR count). The molecule has 0 bridgehead atoms. The average molecular weight is 268 g/mol. The SMILES string of the molecule is CCCCCCN1C(=O)C(CC(C)C)NC(=O)C1C. The van der Waals surface area contributed by atoms with Gasteiger partial charge in [-0.15, -0.1) is 0 Å². The largest absolute Gasteiger partial charge is 0.343 e. The number of nitrogens with zero attached hydrogens (tertiary/aromatic N) is 1. The van der Waals surface area contributed by atoms with Gasteiger partial charge in [0, 0.05) is 6.54 Å². The van der Waals surface area contributed by atoms with E-state index >= 15 is 0 Å². The van der Waals surface area contributed by atoms with Gasteiger partial charge in [0.05, 0.1) is 0 Å². The number of carbonyl (C=O) groups excluding carboxylic acids is 2. The van der Waals surface area contributed by atoms with Crippen molar-refractivity contribution >= 4 is 11.8 Å². The van der Waals surface area contributed by atoms with Crippen molar-refractivity contribution in [2.45, 2.75) is 71.9 Å². The van der Waals surface area contributed by atoms with Gasteiger partial charge in [0.15, 0.2) is 0 Å². The summed E-state index contributed by atoms with van der Waals surface area (Å²) in [6, 6.07) is -0.646. The summed E-state index contributed by atoms with van der Waals surface area (Å²) >= 11 is 0. The number of nitrogens with one attached hydrogen (secondary N) is 1. The van der Waals surface area contributed by atoms with Crippen LogP contribution in [0.25, 0.3) is 0 Å². The highest BCUT2D eigenvalue weighted by molar-refractivity contribution is 5.96. The fourth-order valence-electron chi connectivity index (χ4n) is 2.53. The summed E-state index contributed by atoms with van der Waals surface area (Å²) in [7, 11) is 0. The summed E-state index contributed by atoms with van der Waals surface area (Å²) < 4.78 is 0. The Morgan fingerprint density at radius 2 is 1.89 bits per heavy atom. The maximum atomic E-state index is 12.4. The van der Waals surface area contributed by atoms with E-state index in [0.29, 0.717) is 12.5 Å². The van der Waals surface area contributed by atoms with Crippen LogP contribution in [0.4, 0.5) is 0 Å². The fourth-order valence-corrected chi connectivity index (χ4v) is 2.53. The van der Waals surface area contributed by atoms with E-state index in [2.05, 4.69) is 26.1 Å². The zero-order chi connectivity index (χ0) is 14.4. The molecule has 4 heteroatoms. The van der Waals surface area contributed by atoms with Gasteiger partial charge in [0.25, 0.3) is 0 Å². The number of hydrogen-bond donors (Lipinski definition) is 1. The molecule has 2 amide bonds. The van der Waals surface area contributed by atoms with E-state index < -0.39 is 0 Å². The molecule has 0 saturated carbocycles. The van der Waals surface area contributed by atoms with Crippen LogP contribution in [0, 0.1) is 5.92 Å². The Bertz CT molecular complexity index is 315. The molecule has 1 saturated heterocycles. The predicted octanol–water partition coefficient (Wildman–Crippen LogP) is 2.33. The Morgan fingerprint density at radius 3 is 2.47 bits per heavy atom. The van der Waals surface area contributed by atoms with Crippen molar-refractivity contribution < 1.29 is 9.59 Å². The molecule has 0 aromatic carbocycles. The molecule has 110 valence electrons. The van der Waals surface area contributed by atoms with Crippen LogP contribution in [0.3, 0.4) is 0 Å². The second kappa shape index (κ2) is 7.51. The number of carbonyl (C=O) groups is 2. The second-order valence-electron chi connectivity index (χ2n) is 5.96. The molecule has 1 aliphatic heterocycles. The molecular formula is C15H28N2O2. The van der Waals surface area contributed by atoms with Crippen LogP contribution in [0.5, 0.6) is 0 Å². The summed E-state index contributed by atoms with van der Waals surface area (Å²) in [6.07, 6.45) is 5.22. The van der Waals surface area contributed by atoms with Crippen molar-refractivity contribution in [3.8, 4) is 0 Å². The molecule has 1 fully saturated rings. The Balaban J connectivity index is 2.59. The van der Waals surface area contributed by atoms with Gasteiger partial charge >= 0.3 is 0 Å². The van der Waals surface area contributed by atoms with Crippen molar-refractivity contribution in [3.05, 3.63) is 0 Å². The zero-order valence-electron chi connectivity index (χ0n) is 12.7. The molecule has 4 nitrogen and oxygen atoms in total. The predicted molar refractivity (Wildman–Crippen MR) is 76.7 cm³/mol. The molecule has 0 aliphatic carbocycles. The number of amides is 2. The van der Waals surface area contributed by atoms with Crippen LogP contribution in [-0.2, 0) is 9.59 Å². The summed E-state index contributed by atoms with van der Waals surface area (Å²) in [6.45, 7) is 8.84. The highest BCUT2D eigenvalue weighted by Crippen LogP contribution is 2.16. The lowest BCUT2D eigenvalue weighted by atomic mass is 9.98. The standard InChI is InChI=1S/C15H28N2O2/c1-5-6-7-8-9-17-12(4)14(18)16-13(15(17)19)10-11(2)3/h11-13H,5-10H2,1-4H3,(H,16,18). The van der Waals surface area contributed by atoms with Gasteiger partial charge in [0.2, 0.25) is 11.8 Å². The molecule has 2 unspecified atom stereocenters. The van der Waals surface area contributed by atoms with Gasteiger partial charge in [-0.05, 0) is 25.7 Å². The van der Waals surface area contributed by atoms with Crippen LogP contribution in [0.1, 0.15) is 59.8 Å². The molecular weight excluding hydrogens is 240 g/mol. The molecule has 0 aromatic rings. The maximum absolute atomic E-state index is 12.4. The van der Waals surface area contributed by atoms with Gasteiger partial charge < -0.3 is 10.2 Å². The van der Waals surface area contributed by atoms with Crippen molar-refractivity contribution in [1.82, 2.24) is 10.2 Å². The van der Waals surface area contributed by atoms with Gasteiger partial charge in [-0.25, -0.2) is 0 Å². The summed E-state index contributed by atoms with van der Waals surface area (Å²) in [4.78, 5) is 26.1. The topological polar surface area (TPSA) is 49.4 Å². The number of piperazine rings is 1. The lowest BCUT2D eigenvalue weighted by Gasteiger charge is -2.38. The molecule has 0 radical (unpaired) electrons. The third-order valence-corrected chi connectivity index (χ3v) is 3.70. The van der Waals surface area contributed by atoms with Crippen molar-refractivity contribution in [3.63, 3.8) is 0 Å². The van der Waals surface area contributed by atoms with Crippen molar-refractivity contribution in [2.75, 3.05) is 6.54 Å². The molecule has 1 heterocycles. The first-order chi connectivity index (χ1) is 8.97. The first-order valence-electron chi connectivity index (χ1n) is 7.58. The Hall–Kier alpha value is -1.06. The van der Waals surface area contributed by atoms with Crippen LogP contribution in [0.15, 0.2) is 0 Å². The molecule has 0 aromatic heterocycles. The molecule has 1 aliphatic rings. The Morgan fingerprint density at radius 1 is 1.21 bits per heavy atom. The van der Waals surface area contributed by atoms with E-state index in [4.69, 9.17) is 0 Å². The summed E-state index contributed by atoms with van der Waals surface area (Å²) in [5.41, 5.74) is 0. The quantitative estimate of drug-likeness (QED) is 0.720. The number of unbranched alkanes of at least 4 members (excludes halogenated alkanes) is 3. The monoisotopic (exact) mass is 268 g/mol. The normalized spacial score (nSPS) is 23.9. The highest BCUT2D eigenvalue weighted by Gasteiger charge is 2.37. The minimum atomic E-state index is -0.324. The van der Waals surface area contributed by atoms with Crippen LogP contribution >= 0.6 is 0 Å². The average Bonchev–Trinajstić information content (AvgIpc) is 2.34. The first kappa shape index (κ1) is 16.0. The molecule has 1 N–H and O–H groups in total. The van der Waals surface area contributed by atoms with Crippen LogP contribution in [-0.4, -0.2) is 35.3 Å². The van der Waals surface area contributed by atoms with E-state index in [1.165, 1.54) is 12.8 Å². The van der Waals surface area contributed by atoms with Gasteiger partial charge in [0.1, 0.15) is 12.1 Å². The van der Waals surface area contributed by atoms with Gasteiger partial charge in [-0.3, -0.25) is 9.59 Å². The maximum Gasteiger partial charge on any atom is 0.245 e. The van der Waals surface area contributed by atoms with E-state index in [9.17, 15) is 9.59 Å². The number of hydrogen-bond acceptors (Lipinski definition) is 2. The fraction of sp³-hybridized carbons (Fsp3) is 0.867. The Labute approximate surface area is 116 Å². The summed E-state index contributed by atoms with van der Waals surface area (Å²) in [5, 5.41) is 2.85. The van der Waals surface area contributed by atoms with E-state index in [1.807, 2.05) is 6.92 Å². The third-order valence-electron chi connectivity index (χ3n) is 3.70. The number of rotatable bonds is 7. The minimum Gasteiger partial charge on any atom is -0.343 e. The zero-order valence-corrected chi connectivity index (χ0v) is 12.7. The third kappa shape index (κ3) is 4.51. The summed E-state index contributed by atoms with van der Waals surface area (Å²) in [5.74, 6) is 0.489. The van der Waals surface area contributed by atoms with E-state index in [0.717, 1.165) is 19.3 Å². The van der Waals surface area contributed by atoms with Gasteiger partial charge in [-0.1, -0.05) is 40.0 Å². The van der Waals surface area contributed by atoms with E-state index in [-0.39, 0.29) is 23.9 Å². The van der Waals surface area contributed by atoms with Crippen molar-refractivity contribution in [2.24, 2.45) is 5.92 Å². The van der Waals surface area contributed by atoms with Crippen LogP contribution in [0.2, 0.25) is 0 Å². The highest BCUT2D eigenvalue weighted by atomic mass is 16.2. The van der Waals surface area contributed by atoms with Gasteiger partial charge in [-0.2, -0.15) is 0 Å².